The summed E-state index contributed by atoms with van der Waals surface area (Å²) in [5.74, 6) is -3.16. The van der Waals surface area contributed by atoms with Crippen LogP contribution in [0.15, 0.2) is 97.2 Å². The minimum absolute atomic E-state index is 0.0487. The minimum Gasteiger partial charge on any atom is -0.479 e. The molecule has 0 aromatic carbocycles. The van der Waals surface area contributed by atoms with E-state index in [1.165, 1.54) is 77.0 Å². The van der Waals surface area contributed by atoms with Gasteiger partial charge in [0.1, 0.15) is 18.8 Å². The Morgan fingerprint density at radius 3 is 1.16 bits per heavy atom. The van der Waals surface area contributed by atoms with Crippen molar-refractivity contribution in [1.29, 1.82) is 0 Å². The normalized spacial score (nSPS) is 18.2. The van der Waals surface area contributed by atoms with Gasteiger partial charge in [-0.2, -0.15) is 0 Å². The number of hydrogen-bond acceptors (Lipinski definition) is 11. The van der Waals surface area contributed by atoms with Crippen LogP contribution in [0.2, 0.25) is 0 Å². The number of rotatable bonds is 56. The summed E-state index contributed by atoms with van der Waals surface area (Å²) in [6.45, 7) is 5.83. The van der Waals surface area contributed by atoms with Crippen molar-refractivity contribution >= 4 is 23.9 Å². The Labute approximate surface area is 504 Å². The molecular formula is C71H118O12. The highest BCUT2D eigenvalue weighted by atomic mass is 16.7. The summed E-state index contributed by atoms with van der Waals surface area (Å²) in [5, 5.41) is 31.6. The molecule has 12 heteroatoms. The standard InChI is InChI=1S/C71H118O12/c1-4-7-10-13-16-19-22-25-28-30-32-34-37-39-42-45-48-51-54-57-63(72)79-60-62(81-64(73)58-55-52-49-46-43-40-36-27-24-21-18-15-12-9-6-3)61-80-71-69(67(76)66(75)68(83-71)70(77)78)82-65(74)59-56-53-50-47-44-41-38-35-33-31-29-26-23-20-17-14-11-8-5-2/h9,12,16-21,25-29,32,34,36,62,66-69,71,75-76H,4-8,10-11,13-15,22-24,30-31,33,35,37-61H2,1-3H3,(H,77,78)/b12-9-,19-16-,20-17-,21-18-,28-25-,29-26-,34-32-,36-27-. The van der Waals surface area contributed by atoms with Gasteiger partial charge in [0.15, 0.2) is 24.6 Å². The van der Waals surface area contributed by atoms with Gasteiger partial charge in [-0.25, -0.2) is 4.79 Å². The fraction of sp³-hybridized carbons (Fsp3) is 0.718. The van der Waals surface area contributed by atoms with E-state index in [0.717, 1.165) is 141 Å². The maximum atomic E-state index is 13.2. The smallest absolute Gasteiger partial charge is 0.335 e. The SMILES string of the molecule is CC/C=C\C/C=C\C/C=C\CCCCCCCC(=O)OC(COC(=O)CCCCCCCC/C=C\C/C=C\C/C=C\CCCCC)COC1OC(C(=O)O)C(O)C(O)C1OC(=O)CCCCCCCCCCC/C=C\C/C=C\CCCCC. The largest absolute Gasteiger partial charge is 0.479 e. The second kappa shape index (κ2) is 58.0. The quantitative estimate of drug-likeness (QED) is 0.0228. The van der Waals surface area contributed by atoms with Gasteiger partial charge in [-0.3, -0.25) is 14.4 Å². The Morgan fingerprint density at radius 1 is 0.410 bits per heavy atom. The molecule has 0 aliphatic carbocycles. The van der Waals surface area contributed by atoms with Crippen LogP contribution < -0.4 is 0 Å². The minimum atomic E-state index is -1.91. The third-order valence-corrected chi connectivity index (χ3v) is 14.6. The molecule has 0 spiro atoms. The maximum absolute atomic E-state index is 13.2. The predicted octanol–water partition coefficient (Wildman–Crippen LogP) is 18.0. The van der Waals surface area contributed by atoms with Crippen LogP contribution in [0, 0.1) is 0 Å². The lowest BCUT2D eigenvalue weighted by Crippen LogP contribution is -2.61. The van der Waals surface area contributed by atoms with E-state index in [1.807, 2.05) is 0 Å². The molecule has 1 saturated heterocycles. The Bertz CT molecular complexity index is 1810. The molecule has 1 aliphatic heterocycles. The second-order valence-electron chi connectivity index (χ2n) is 22.4. The average Bonchev–Trinajstić information content (AvgIpc) is 3.60. The highest BCUT2D eigenvalue weighted by Crippen LogP contribution is 2.27. The van der Waals surface area contributed by atoms with Gasteiger partial charge in [0.2, 0.25) is 0 Å². The molecule has 0 saturated carbocycles. The van der Waals surface area contributed by atoms with Crippen LogP contribution >= 0.6 is 0 Å². The summed E-state index contributed by atoms with van der Waals surface area (Å²) in [4.78, 5) is 51.4. The number of carbonyl (C=O) groups is 4. The van der Waals surface area contributed by atoms with Crippen LogP contribution in [0.5, 0.6) is 0 Å². The zero-order valence-electron chi connectivity index (χ0n) is 52.4. The number of esters is 3. The molecule has 0 aromatic heterocycles. The van der Waals surface area contributed by atoms with Gasteiger partial charge in [-0.05, 0) is 122 Å². The predicted molar refractivity (Wildman–Crippen MR) is 340 cm³/mol. The molecule has 0 bridgehead atoms. The van der Waals surface area contributed by atoms with Gasteiger partial charge in [-0.15, -0.1) is 0 Å². The van der Waals surface area contributed by atoms with Crippen molar-refractivity contribution in [2.75, 3.05) is 13.2 Å². The molecule has 0 aromatic rings. The number of aliphatic carboxylic acids is 1. The Morgan fingerprint density at radius 2 is 0.759 bits per heavy atom. The van der Waals surface area contributed by atoms with E-state index in [2.05, 4.69) is 118 Å². The first kappa shape index (κ1) is 76.7. The van der Waals surface area contributed by atoms with Gasteiger partial charge in [-0.1, -0.05) is 234 Å². The van der Waals surface area contributed by atoms with Gasteiger partial charge in [0.25, 0.3) is 0 Å². The van der Waals surface area contributed by atoms with E-state index in [0.29, 0.717) is 19.3 Å². The first-order valence-electron chi connectivity index (χ1n) is 33.2. The number of aliphatic hydroxyl groups is 2. The zero-order chi connectivity index (χ0) is 60.3. The molecule has 3 N–H and O–H groups in total. The molecule has 6 atom stereocenters. The monoisotopic (exact) mass is 1160 g/mol. The molecule has 474 valence electrons. The molecular weight excluding hydrogens is 1040 g/mol. The number of carboxylic acid groups (broad SMARTS) is 1. The van der Waals surface area contributed by atoms with Crippen molar-refractivity contribution in [2.24, 2.45) is 0 Å². The number of aliphatic hydroxyl groups excluding tert-OH is 2. The lowest BCUT2D eigenvalue weighted by atomic mass is 9.98. The Balaban J connectivity index is 2.66. The highest BCUT2D eigenvalue weighted by molar-refractivity contribution is 5.74. The molecule has 12 nitrogen and oxygen atoms in total. The van der Waals surface area contributed by atoms with Crippen molar-refractivity contribution < 1.29 is 58.2 Å². The lowest BCUT2D eigenvalue weighted by Gasteiger charge is -2.40. The van der Waals surface area contributed by atoms with E-state index in [9.17, 15) is 34.5 Å². The molecule has 1 rings (SSSR count). The van der Waals surface area contributed by atoms with Crippen molar-refractivity contribution in [3.05, 3.63) is 97.2 Å². The maximum Gasteiger partial charge on any atom is 0.335 e. The first-order chi connectivity index (χ1) is 40.6. The summed E-state index contributed by atoms with van der Waals surface area (Å²) < 4.78 is 28.5. The van der Waals surface area contributed by atoms with E-state index in [4.69, 9.17) is 23.7 Å². The number of carbonyl (C=O) groups excluding carboxylic acids is 3. The molecule has 1 fully saturated rings. The topological polar surface area (TPSA) is 175 Å². The molecule has 0 radical (unpaired) electrons. The van der Waals surface area contributed by atoms with E-state index >= 15 is 0 Å². The zero-order valence-corrected chi connectivity index (χ0v) is 52.4. The molecule has 83 heavy (non-hydrogen) atoms. The van der Waals surface area contributed by atoms with E-state index in [-0.39, 0.29) is 25.9 Å². The van der Waals surface area contributed by atoms with Gasteiger partial charge in [0, 0.05) is 19.3 Å². The summed E-state index contributed by atoms with van der Waals surface area (Å²) in [7, 11) is 0. The summed E-state index contributed by atoms with van der Waals surface area (Å²) >= 11 is 0. The number of unbranched alkanes of at least 4 members (excludes halogenated alkanes) is 26. The lowest BCUT2D eigenvalue weighted by molar-refractivity contribution is -0.301. The van der Waals surface area contributed by atoms with Crippen molar-refractivity contribution in [2.45, 2.75) is 314 Å². The van der Waals surface area contributed by atoms with Crippen molar-refractivity contribution in [1.82, 2.24) is 0 Å². The summed E-state index contributed by atoms with van der Waals surface area (Å²) in [5.41, 5.74) is 0. The number of carboxylic acids is 1. The fourth-order valence-electron chi connectivity index (χ4n) is 9.54. The number of ether oxygens (including phenoxy) is 5. The number of allylic oxidation sites excluding steroid dienone is 16. The van der Waals surface area contributed by atoms with Gasteiger partial charge < -0.3 is 39.0 Å². The van der Waals surface area contributed by atoms with E-state index in [1.54, 1.807) is 0 Å². The first-order valence-corrected chi connectivity index (χ1v) is 33.2. The van der Waals surface area contributed by atoms with Crippen LogP contribution in [0.25, 0.3) is 0 Å². The summed E-state index contributed by atoms with van der Waals surface area (Å²) in [6.07, 6.45) is 65.0. The second-order valence-corrected chi connectivity index (χ2v) is 22.4. The molecule has 1 aliphatic rings. The van der Waals surface area contributed by atoms with Crippen LogP contribution in [-0.2, 0) is 42.9 Å². The molecule has 6 unspecified atom stereocenters. The Hall–Kier alpha value is -4.36. The Kier molecular flexibility index (Phi) is 53.6. The fourth-order valence-corrected chi connectivity index (χ4v) is 9.54. The van der Waals surface area contributed by atoms with Crippen LogP contribution in [0.3, 0.4) is 0 Å². The molecule has 0 amide bonds. The van der Waals surface area contributed by atoms with E-state index < -0.39 is 67.3 Å². The van der Waals surface area contributed by atoms with Crippen LogP contribution in [-0.4, -0.2) is 89.2 Å². The summed E-state index contributed by atoms with van der Waals surface area (Å²) in [6, 6.07) is 0. The van der Waals surface area contributed by atoms with Gasteiger partial charge >= 0.3 is 23.9 Å². The molecule has 1 heterocycles. The van der Waals surface area contributed by atoms with Crippen molar-refractivity contribution in [3.8, 4) is 0 Å². The third-order valence-electron chi connectivity index (χ3n) is 14.6. The van der Waals surface area contributed by atoms with Crippen LogP contribution in [0.1, 0.15) is 278 Å². The average molecular weight is 1160 g/mol. The van der Waals surface area contributed by atoms with Crippen LogP contribution in [0.4, 0.5) is 0 Å². The number of hydrogen-bond donors (Lipinski definition) is 3. The highest BCUT2D eigenvalue weighted by Gasteiger charge is 2.50. The van der Waals surface area contributed by atoms with Crippen molar-refractivity contribution in [3.63, 3.8) is 0 Å². The van der Waals surface area contributed by atoms with Gasteiger partial charge in [0.05, 0.1) is 6.61 Å². The third kappa shape index (κ3) is 47.6.